The molecule has 0 saturated heterocycles. The van der Waals surface area contributed by atoms with Gasteiger partial charge in [-0.2, -0.15) is 10.2 Å². The van der Waals surface area contributed by atoms with Crippen LogP contribution in [0.1, 0.15) is 27.0 Å². The maximum absolute atomic E-state index is 12.3. The first kappa shape index (κ1) is 27.8. The summed E-state index contributed by atoms with van der Waals surface area (Å²) in [7, 11) is 0. The lowest BCUT2D eigenvalue weighted by atomic mass is 10.1. The molecule has 0 spiro atoms. The van der Waals surface area contributed by atoms with Crippen molar-refractivity contribution in [1.82, 2.24) is 10.9 Å². The first-order valence-corrected chi connectivity index (χ1v) is 11.7. The fourth-order valence-corrected chi connectivity index (χ4v) is 3.05. The summed E-state index contributed by atoms with van der Waals surface area (Å²) in [6.45, 7) is 0.231. The zero-order chi connectivity index (χ0) is 27.0. The van der Waals surface area contributed by atoms with Crippen LogP contribution in [-0.2, 0) is 4.79 Å². The summed E-state index contributed by atoms with van der Waals surface area (Å²) < 4.78 is 10.7. The Morgan fingerprint density at radius 1 is 0.737 bits per heavy atom. The van der Waals surface area contributed by atoms with Gasteiger partial charge in [0.1, 0.15) is 24.7 Å². The molecule has 0 aromatic heterocycles. The predicted octanol–water partition coefficient (Wildman–Crippen LogP) is 2.36. The molecule has 0 aliphatic carbocycles. The van der Waals surface area contributed by atoms with E-state index in [4.69, 9.17) is 19.7 Å². The molecule has 0 aliphatic heterocycles. The highest BCUT2D eigenvalue weighted by Crippen LogP contribution is 2.13. The first-order valence-electron chi connectivity index (χ1n) is 11.7. The van der Waals surface area contributed by atoms with E-state index in [2.05, 4.69) is 21.1 Å². The molecule has 196 valence electrons. The van der Waals surface area contributed by atoms with Gasteiger partial charge in [0.2, 0.25) is 0 Å². The number of aliphatic hydroxyl groups excluding tert-OH is 2. The van der Waals surface area contributed by atoms with Crippen molar-refractivity contribution in [1.29, 1.82) is 0 Å². The lowest BCUT2D eigenvalue weighted by Gasteiger charge is -2.04. The topological polar surface area (TPSA) is 142 Å². The number of aliphatic hydroxyl groups is 2. The molecule has 38 heavy (non-hydrogen) atoms. The van der Waals surface area contributed by atoms with E-state index >= 15 is 0 Å². The number of carbonyl (C=O) groups is 2. The number of benzene rings is 3. The van der Waals surface area contributed by atoms with E-state index in [1.54, 1.807) is 78.9 Å². The number of hydrogen-bond donors (Lipinski definition) is 4. The van der Waals surface area contributed by atoms with Crippen LogP contribution in [-0.4, -0.2) is 60.9 Å². The largest absolute Gasteiger partial charge is 0.491 e. The molecular formula is C28H28N4O6. The molecule has 0 bridgehead atoms. The Morgan fingerprint density at radius 3 is 1.84 bits per heavy atom. The van der Waals surface area contributed by atoms with Crippen molar-refractivity contribution in [2.75, 3.05) is 26.4 Å². The van der Waals surface area contributed by atoms with Crippen molar-refractivity contribution >= 4 is 30.3 Å². The van der Waals surface area contributed by atoms with Crippen LogP contribution in [0.2, 0.25) is 0 Å². The Bertz CT molecular complexity index is 1290. The minimum atomic E-state index is -0.420. The molecule has 0 unspecified atom stereocenters. The Morgan fingerprint density at radius 2 is 1.29 bits per heavy atom. The molecule has 3 aromatic rings. The molecule has 2 amide bonds. The molecule has 0 radical (unpaired) electrons. The Balaban J connectivity index is 1.46. The second kappa shape index (κ2) is 15.3. The molecule has 0 aliphatic rings. The van der Waals surface area contributed by atoms with Gasteiger partial charge in [0.25, 0.3) is 11.8 Å². The number of carbonyl (C=O) groups excluding carboxylic acids is 2. The van der Waals surface area contributed by atoms with Gasteiger partial charge in [-0.15, -0.1) is 0 Å². The zero-order valence-electron chi connectivity index (χ0n) is 20.5. The van der Waals surface area contributed by atoms with Gasteiger partial charge in [0.15, 0.2) is 0 Å². The van der Waals surface area contributed by atoms with Gasteiger partial charge in [0, 0.05) is 11.6 Å². The number of nitrogens with zero attached hydrogens (tertiary/aromatic N) is 2. The minimum Gasteiger partial charge on any atom is -0.491 e. The maximum atomic E-state index is 12.3. The van der Waals surface area contributed by atoms with Crippen molar-refractivity contribution < 1.29 is 29.3 Å². The van der Waals surface area contributed by atoms with E-state index in [0.717, 1.165) is 16.7 Å². The van der Waals surface area contributed by atoms with Crippen LogP contribution in [0.15, 0.2) is 89.1 Å². The highest BCUT2D eigenvalue weighted by Gasteiger charge is 2.04. The summed E-state index contributed by atoms with van der Waals surface area (Å²) in [4.78, 5) is 24.4. The summed E-state index contributed by atoms with van der Waals surface area (Å²) in [6.07, 6.45) is 5.90. The molecule has 0 saturated carbocycles. The van der Waals surface area contributed by atoms with Gasteiger partial charge < -0.3 is 19.7 Å². The van der Waals surface area contributed by atoms with Crippen LogP contribution in [0.5, 0.6) is 11.5 Å². The molecule has 0 fully saturated rings. The molecule has 10 heteroatoms. The van der Waals surface area contributed by atoms with E-state index < -0.39 is 5.91 Å². The highest BCUT2D eigenvalue weighted by atomic mass is 16.5. The quantitative estimate of drug-likeness (QED) is 0.156. The second-order valence-corrected chi connectivity index (χ2v) is 7.68. The third-order valence-corrected chi connectivity index (χ3v) is 4.80. The summed E-state index contributed by atoms with van der Waals surface area (Å²) in [6, 6.07) is 20.8. The smallest absolute Gasteiger partial charge is 0.271 e. The van der Waals surface area contributed by atoms with Crippen molar-refractivity contribution in [3.05, 3.63) is 101 Å². The standard InChI is InChI=1S/C28H28N4O6/c33-13-15-37-25-5-1-3-22(17-25)19-29-31-27(35)12-9-21-7-10-24(11-8-21)28(36)32-30-20-23-4-2-6-26(18-23)38-16-14-34/h1-12,17-20,33-34H,13-16H2,(H,31,35)(H,32,36)/b12-9?,29-19+,30-20?. The average Bonchev–Trinajstić information content (AvgIpc) is 2.94. The molecule has 4 N–H and O–H groups in total. The third-order valence-electron chi connectivity index (χ3n) is 4.80. The summed E-state index contributed by atoms with van der Waals surface area (Å²) in [5, 5.41) is 25.5. The van der Waals surface area contributed by atoms with Crippen molar-refractivity contribution in [3.8, 4) is 11.5 Å². The van der Waals surface area contributed by atoms with Crippen LogP contribution >= 0.6 is 0 Å². The third kappa shape index (κ3) is 9.69. The Kier molecular flexibility index (Phi) is 11.2. The van der Waals surface area contributed by atoms with Gasteiger partial charge in [-0.3, -0.25) is 9.59 Å². The molecule has 0 heterocycles. The van der Waals surface area contributed by atoms with Gasteiger partial charge in [0.05, 0.1) is 25.6 Å². The fourth-order valence-electron chi connectivity index (χ4n) is 3.05. The normalized spacial score (nSPS) is 11.2. The monoisotopic (exact) mass is 516 g/mol. The number of nitrogens with one attached hydrogen (secondary N) is 2. The number of amides is 2. The molecular weight excluding hydrogens is 488 g/mol. The van der Waals surface area contributed by atoms with Crippen LogP contribution in [0.3, 0.4) is 0 Å². The SMILES string of the molecule is O=C(C=Cc1ccc(C(=O)NN=Cc2cccc(OCCO)c2)cc1)N/N=C/c1cccc(OCCO)c1. The first-order chi connectivity index (χ1) is 18.6. The van der Waals surface area contributed by atoms with E-state index in [0.29, 0.717) is 17.1 Å². The average molecular weight is 517 g/mol. The molecule has 10 nitrogen and oxygen atoms in total. The van der Waals surface area contributed by atoms with Crippen LogP contribution in [0.4, 0.5) is 0 Å². The molecule has 3 aromatic carbocycles. The van der Waals surface area contributed by atoms with Gasteiger partial charge in [-0.1, -0.05) is 36.4 Å². The summed E-state index contributed by atoms with van der Waals surface area (Å²) in [5.41, 5.74) is 7.44. The predicted molar refractivity (Wildman–Crippen MR) is 144 cm³/mol. The molecule has 0 atom stereocenters. The molecule has 3 rings (SSSR count). The van der Waals surface area contributed by atoms with Crippen molar-refractivity contribution in [2.24, 2.45) is 10.2 Å². The van der Waals surface area contributed by atoms with Crippen LogP contribution in [0, 0.1) is 0 Å². The Labute approximate surface area is 219 Å². The van der Waals surface area contributed by atoms with E-state index in [1.807, 2.05) is 0 Å². The van der Waals surface area contributed by atoms with Crippen LogP contribution < -0.4 is 20.3 Å². The number of hydrazone groups is 2. The number of rotatable bonds is 13. The lowest BCUT2D eigenvalue weighted by molar-refractivity contribution is -0.116. The second-order valence-electron chi connectivity index (χ2n) is 7.68. The van der Waals surface area contributed by atoms with Crippen molar-refractivity contribution in [3.63, 3.8) is 0 Å². The van der Waals surface area contributed by atoms with E-state index in [1.165, 1.54) is 18.5 Å². The van der Waals surface area contributed by atoms with Gasteiger partial charge in [-0.25, -0.2) is 10.9 Å². The zero-order valence-corrected chi connectivity index (χ0v) is 20.5. The van der Waals surface area contributed by atoms with Gasteiger partial charge >= 0.3 is 0 Å². The van der Waals surface area contributed by atoms with E-state index in [9.17, 15) is 9.59 Å². The number of ether oxygens (including phenoxy) is 2. The Hall–Kier alpha value is -4.80. The summed E-state index contributed by atoms with van der Waals surface area (Å²) >= 11 is 0. The van der Waals surface area contributed by atoms with E-state index in [-0.39, 0.29) is 32.3 Å². The fraction of sp³-hybridized carbons (Fsp3) is 0.143. The van der Waals surface area contributed by atoms with Crippen molar-refractivity contribution in [2.45, 2.75) is 0 Å². The maximum Gasteiger partial charge on any atom is 0.271 e. The minimum absolute atomic E-state index is 0.0785. The summed E-state index contributed by atoms with van der Waals surface area (Å²) in [5.74, 6) is 0.375. The highest BCUT2D eigenvalue weighted by molar-refractivity contribution is 5.95. The van der Waals surface area contributed by atoms with Crippen LogP contribution in [0.25, 0.3) is 6.08 Å². The van der Waals surface area contributed by atoms with Gasteiger partial charge in [-0.05, 0) is 59.2 Å². The lowest BCUT2D eigenvalue weighted by Crippen LogP contribution is -2.17. The number of hydrogen-bond acceptors (Lipinski definition) is 8.